The van der Waals surface area contributed by atoms with E-state index in [4.69, 9.17) is 0 Å². The maximum Gasteiger partial charge on any atom is 0.246 e. The summed E-state index contributed by atoms with van der Waals surface area (Å²) in [5.74, 6) is 2.53. The van der Waals surface area contributed by atoms with Crippen molar-refractivity contribution in [1.82, 2.24) is 49.5 Å². The van der Waals surface area contributed by atoms with Gasteiger partial charge in [-0.05, 0) is 55.3 Å². The first-order chi connectivity index (χ1) is 25.2. The molecular weight excluding hydrogens is 675 g/mol. The van der Waals surface area contributed by atoms with E-state index in [1.54, 1.807) is 29.9 Å². The molecule has 3 N–H and O–H groups in total. The fourth-order valence-electron chi connectivity index (χ4n) is 6.43. The largest absolute Gasteiger partial charge is 0.352 e. The molecule has 51 heavy (non-hydrogen) atoms. The van der Waals surface area contributed by atoms with Crippen LogP contribution in [0.4, 0.5) is 0 Å². The van der Waals surface area contributed by atoms with Gasteiger partial charge in [-0.15, -0.1) is 20.4 Å². The SMILES string of the molecule is CSc1nnc(-c2ccccc2)n1CCCc1c[nH]c[n+]1-c1cccc(CSc2nnc(-c3cc4ccccc4[nH]3)n2CCCc2c[nH]cn2)c1. The van der Waals surface area contributed by atoms with Gasteiger partial charge in [-0.2, -0.15) is 4.57 Å². The molecule has 0 saturated heterocycles. The van der Waals surface area contributed by atoms with Crippen LogP contribution < -0.4 is 4.57 Å². The Labute approximate surface area is 304 Å². The molecule has 0 spiro atoms. The lowest BCUT2D eigenvalue weighted by Crippen LogP contribution is -2.32. The number of H-pyrrole nitrogens is 3. The summed E-state index contributed by atoms with van der Waals surface area (Å²) in [5.41, 5.74) is 7.77. The summed E-state index contributed by atoms with van der Waals surface area (Å²) in [7, 11) is 0. The molecule has 11 nitrogen and oxygen atoms in total. The second-order valence-corrected chi connectivity index (χ2v) is 14.0. The molecule has 0 aliphatic carbocycles. The van der Waals surface area contributed by atoms with Gasteiger partial charge in [0.1, 0.15) is 17.6 Å². The average molecular weight is 713 g/mol. The normalized spacial score (nSPS) is 11.5. The summed E-state index contributed by atoms with van der Waals surface area (Å²) in [5, 5.41) is 21.3. The first-order valence-corrected chi connectivity index (χ1v) is 19.3. The predicted octanol–water partition coefficient (Wildman–Crippen LogP) is 7.29. The highest BCUT2D eigenvalue weighted by Gasteiger charge is 2.19. The van der Waals surface area contributed by atoms with Crippen molar-refractivity contribution in [3.8, 4) is 28.6 Å². The first-order valence-electron chi connectivity index (χ1n) is 17.0. The van der Waals surface area contributed by atoms with Gasteiger partial charge in [0.2, 0.25) is 6.33 Å². The molecule has 0 amide bonds. The number of benzene rings is 3. The van der Waals surface area contributed by atoms with Gasteiger partial charge in [0.25, 0.3) is 0 Å². The standard InChI is InChI=1S/C38H37N11S2/c1-50-37-45-43-35(28-11-3-2-4-12-28)47(37)19-9-16-32-23-40-26-49(32)31-15-7-10-27(20-31)24-51-38-46-44-36(34-21-29-13-5-6-17-33(29)42-34)48(38)18-8-14-30-22-39-25-41-30/h2-7,10-13,15,17,20-23,25-26H,8-9,14,16,18-19,24H2,1H3,(H2,39,41,42,44)/p+1. The van der Waals surface area contributed by atoms with Crippen LogP contribution in [-0.4, -0.2) is 55.7 Å². The molecule has 0 bridgehead atoms. The molecule has 5 heterocycles. The quantitative estimate of drug-likeness (QED) is 0.0753. The van der Waals surface area contributed by atoms with Gasteiger partial charge in [-0.25, -0.2) is 9.97 Å². The van der Waals surface area contributed by atoms with E-state index in [-0.39, 0.29) is 0 Å². The number of para-hydroxylation sites is 1. The van der Waals surface area contributed by atoms with Crippen LogP contribution in [-0.2, 0) is 31.7 Å². The fraction of sp³-hybridized carbons (Fsp3) is 0.211. The van der Waals surface area contributed by atoms with Gasteiger partial charge in [0, 0.05) is 47.9 Å². The number of thioether (sulfide) groups is 2. The highest BCUT2D eigenvalue weighted by atomic mass is 32.2. The summed E-state index contributed by atoms with van der Waals surface area (Å²) in [6.07, 6.45) is 13.5. The topological polar surface area (TPSA) is 126 Å². The van der Waals surface area contributed by atoms with E-state index in [9.17, 15) is 0 Å². The number of aryl methyl sites for hydroxylation is 2. The van der Waals surface area contributed by atoms with Crippen LogP contribution in [0.25, 0.3) is 39.5 Å². The average Bonchev–Trinajstić information content (AvgIpc) is 4.02. The van der Waals surface area contributed by atoms with Crippen molar-refractivity contribution in [2.45, 2.75) is 54.8 Å². The minimum Gasteiger partial charge on any atom is -0.352 e. The van der Waals surface area contributed by atoms with E-state index in [0.29, 0.717) is 0 Å². The number of rotatable bonds is 15. The van der Waals surface area contributed by atoms with Crippen LogP contribution in [0, 0.1) is 0 Å². The van der Waals surface area contributed by atoms with Gasteiger partial charge in [0.05, 0.1) is 17.7 Å². The molecule has 8 rings (SSSR count). The number of aromatic nitrogens is 11. The molecule has 8 aromatic rings. The molecule has 3 aromatic carbocycles. The van der Waals surface area contributed by atoms with Crippen LogP contribution in [0.1, 0.15) is 29.8 Å². The zero-order chi connectivity index (χ0) is 34.4. The lowest BCUT2D eigenvalue weighted by Gasteiger charge is -2.10. The Bertz CT molecular complexity index is 2300. The molecule has 0 fully saturated rings. The Morgan fingerprint density at radius 1 is 0.745 bits per heavy atom. The number of imidazole rings is 2. The van der Waals surface area contributed by atoms with Crippen molar-refractivity contribution in [2.24, 2.45) is 0 Å². The molecule has 5 aromatic heterocycles. The highest BCUT2D eigenvalue weighted by molar-refractivity contribution is 7.98. The Morgan fingerprint density at radius 3 is 2.39 bits per heavy atom. The van der Waals surface area contributed by atoms with E-state index >= 15 is 0 Å². The molecule has 13 heteroatoms. The van der Waals surface area contributed by atoms with Crippen molar-refractivity contribution in [2.75, 3.05) is 6.26 Å². The van der Waals surface area contributed by atoms with E-state index in [1.165, 1.54) is 11.3 Å². The third-order valence-electron chi connectivity index (χ3n) is 8.92. The maximum atomic E-state index is 4.68. The lowest BCUT2D eigenvalue weighted by atomic mass is 10.2. The van der Waals surface area contributed by atoms with Gasteiger partial charge in [0.15, 0.2) is 22.0 Å². The van der Waals surface area contributed by atoms with Gasteiger partial charge in [-0.3, -0.25) is 0 Å². The highest BCUT2D eigenvalue weighted by Crippen LogP contribution is 2.29. The van der Waals surface area contributed by atoms with Crippen molar-refractivity contribution in [3.63, 3.8) is 0 Å². The van der Waals surface area contributed by atoms with Crippen LogP contribution in [0.15, 0.2) is 120 Å². The van der Waals surface area contributed by atoms with Crippen LogP contribution in [0.5, 0.6) is 0 Å². The first kappa shape index (κ1) is 32.8. The number of nitrogens with zero attached hydrogens (tertiary/aromatic N) is 8. The summed E-state index contributed by atoms with van der Waals surface area (Å²) in [6.45, 7) is 1.62. The van der Waals surface area contributed by atoms with Crippen molar-refractivity contribution in [1.29, 1.82) is 0 Å². The van der Waals surface area contributed by atoms with Gasteiger partial charge < -0.3 is 19.1 Å². The molecular formula is C38H38N11S2+. The molecule has 0 aliphatic rings. The van der Waals surface area contributed by atoms with Crippen molar-refractivity contribution in [3.05, 3.63) is 127 Å². The Hall–Kier alpha value is -5.40. The third-order valence-corrected chi connectivity index (χ3v) is 10.6. The smallest absolute Gasteiger partial charge is 0.246 e. The Morgan fingerprint density at radius 2 is 1.55 bits per heavy atom. The molecule has 0 radical (unpaired) electrons. The number of nitrogens with one attached hydrogen (secondary N) is 3. The molecule has 0 aliphatic heterocycles. The Balaban J connectivity index is 0.968. The fourth-order valence-corrected chi connectivity index (χ4v) is 7.86. The monoisotopic (exact) mass is 712 g/mol. The zero-order valence-electron chi connectivity index (χ0n) is 28.2. The minimum absolute atomic E-state index is 0.770. The third kappa shape index (κ3) is 7.26. The zero-order valence-corrected chi connectivity index (χ0v) is 29.9. The van der Waals surface area contributed by atoms with Crippen LogP contribution in [0.2, 0.25) is 0 Å². The van der Waals surface area contributed by atoms with E-state index in [0.717, 1.165) is 100 Å². The second-order valence-electron chi connectivity index (χ2n) is 12.3. The molecule has 0 saturated carbocycles. The number of aromatic amines is 3. The van der Waals surface area contributed by atoms with Crippen LogP contribution >= 0.6 is 23.5 Å². The molecule has 256 valence electrons. The van der Waals surface area contributed by atoms with E-state index < -0.39 is 0 Å². The van der Waals surface area contributed by atoms with Gasteiger partial charge >= 0.3 is 0 Å². The van der Waals surface area contributed by atoms with Crippen molar-refractivity contribution >= 4 is 34.4 Å². The number of hydrogen-bond donors (Lipinski definition) is 3. The number of fused-ring (bicyclic) bond motifs is 1. The molecule has 0 atom stereocenters. The van der Waals surface area contributed by atoms with Gasteiger partial charge in [-0.1, -0.05) is 84.2 Å². The van der Waals surface area contributed by atoms with E-state index in [1.807, 2.05) is 36.8 Å². The summed E-state index contributed by atoms with van der Waals surface area (Å²) < 4.78 is 6.72. The second kappa shape index (κ2) is 15.2. The summed E-state index contributed by atoms with van der Waals surface area (Å²) in [6, 6.07) is 29.5. The summed E-state index contributed by atoms with van der Waals surface area (Å²) in [4.78, 5) is 14.3. The maximum absolute atomic E-state index is 4.68. The van der Waals surface area contributed by atoms with Crippen molar-refractivity contribution < 1.29 is 4.57 Å². The molecule has 0 unspecified atom stereocenters. The summed E-state index contributed by atoms with van der Waals surface area (Å²) >= 11 is 3.34. The minimum atomic E-state index is 0.770. The Kier molecular flexibility index (Phi) is 9.79. The number of hydrogen-bond acceptors (Lipinski definition) is 7. The van der Waals surface area contributed by atoms with E-state index in [2.05, 4.69) is 127 Å². The van der Waals surface area contributed by atoms with Crippen LogP contribution in [0.3, 0.4) is 0 Å². The lowest BCUT2D eigenvalue weighted by molar-refractivity contribution is -0.602. The predicted molar refractivity (Wildman–Crippen MR) is 202 cm³/mol.